The Kier molecular flexibility index (Phi) is 4.69. The van der Waals surface area contributed by atoms with Gasteiger partial charge in [-0.1, -0.05) is 67.3 Å². The summed E-state index contributed by atoms with van der Waals surface area (Å²) in [6, 6.07) is 24.6. The van der Waals surface area contributed by atoms with Crippen LogP contribution in [0, 0.1) is 0 Å². The van der Waals surface area contributed by atoms with Gasteiger partial charge in [0, 0.05) is 21.9 Å². The van der Waals surface area contributed by atoms with Gasteiger partial charge >= 0.3 is 0 Å². The maximum atomic E-state index is 6.07. The van der Waals surface area contributed by atoms with Gasteiger partial charge in [-0.3, -0.25) is 0 Å². The van der Waals surface area contributed by atoms with Crippen LogP contribution in [0.4, 0.5) is 0 Å². The van der Waals surface area contributed by atoms with Crippen molar-refractivity contribution < 1.29 is 4.42 Å². The fourth-order valence-corrected chi connectivity index (χ4v) is 4.34. The predicted molar refractivity (Wildman–Crippen MR) is 134 cm³/mol. The molecule has 0 saturated heterocycles. The Labute approximate surface area is 191 Å². The van der Waals surface area contributed by atoms with Crippen LogP contribution in [-0.4, -0.2) is 15.0 Å². The van der Waals surface area contributed by atoms with Crippen LogP contribution >= 0.6 is 0 Å². The quantitative estimate of drug-likeness (QED) is 0.301. The van der Waals surface area contributed by atoms with E-state index in [1.807, 2.05) is 36.4 Å². The highest BCUT2D eigenvalue weighted by Crippen LogP contribution is 2.33. The molecule has 6 rings (SSSR count). The molecule has 5 aromatic rings. The van der Waals surface area contributed by atoms with E-state index in [1.165, 1.54) is 11.1 Å². The van der Waals surface area contributed by atoms with E-state index in [1.54, 1.807) is 6.08 Å². The third-order valence-electron chi connectivity index (χ3n) is 5.98. The van der Waals surface area contributed by atoms with Crippen molar-refractivity contribution in [2.24, 2.45) is 0 Å². The van der Waals surface area contributed by atoms with E-state index in [0.29, 0.717) is 17.5 Å². The number of rotatable bonds is 4. The molecule has 0 aliphatic heterocycles. The van der Waals surface area contributed by atoms with Gasteiger partial charge in [0.05, 0.1) is 0 Å². The molecule has 0 radical (unpaired) electrons. The number of aromatic nitrogens is 3. The monoisotopic (exact) mass is 427 g/mol. The summed E-state index contributed by atoms with van der Waals surface area (Å²) in [7, 11) is 0. The molecule has 3 aromatic carbocycles. The minimum atomic E-state index is 0.556. The van der Waals surface area contributed by atoms with Gasteiger partial charge in [0.15, 0.2) is 17.5 Å². The fraction of sp³-hybridized carbons (Fsp3) is 0.0690. The normalized spacial score (nSPS) is 13.7. The van der Waals surface area contributed by atoms with E-state index in [0.717, 1.165) is 45.9 Å². The highest BCUT2D eigenvalue weighted by molar-refractivity contribution is 6.05. The average Bonchev–Trinajstić information content (AvgIpc) is 3.27. The van der Waals surface area contributed by atoms with Crippen molar-refractivity contribution in [3.63, 3.8) is 0 Å². The van der Waals surface area contributed by atoms with Crippen molar-refractivity contribution in [3.05, 3.63) is 109 Å². The van der Waals surface area contributed by atoms with Gasteiger partial charge in [-0.2, -0.15) is 0 Å². The van der Waals surface area contributed by atoms with Gasteiger partial charge in [0.2, 0.25) is 0 Å². The highest BCUT2D eigenvalue weighted by Gasteiger charge is 2.15. The lowest BCUT2D eigenvalue weighted by Gasteiger charge is -2.14. The van der Waals surface area contributed by atoms with E-state index in [-0.39, 0.29) is 0 Å². The first-order valence-corrected chi connectivity index (χ1v) is 11.1. The first-order chi connectivity index (χ1) is 16.3. The molecule has 0 unspecified atom stereocenters. The summed E-state index contributed by atoms with van der Waals surface area (Å²) in [5.74, 6) is 1.83. The molecule has 0 fully saturated rings. The van der Waals surface area contributed by atoms with Crippen LogP contribution in [0.3, 0.4) is 0 Å². The van der Waals surface area contributed by atoms with Crippen LogP contribution in [0.15, 0.2) is 95.9 Å². The van der Waals surface area contributed by atoms with Gasteiger partial charge in [-0.25, -0.2) is 15.0 Å². The van der Waals surface area contributed by atoms with Crippen LogP contribution in [-0.2, 0) is 0 Å². The van der Waals surface area contributed by atoms with Crippen LogP contribution < -0.4 is 0 Å². The van der Waals surface area contributed by atoms with Crippen molar-refractivity contribution >= 4 is 39.2 Å². The zero-order chi connectivity index (χ0) is 22.2. The maximum absolute atomic E-state index is 6.07. The number of hydrogen-bond acceptors (Lipinski definition) is 4. The van der Waals surface area contributed by atoms with Gasteiger partial charge in [0.25, 0.3) is 0 Å². The maximum Gasteiger partial charge on any atom is 0.164 e. The molecule has 0 amide bonds. The number of fused-ring (bicyclic) bond motifs is 3. The minimum absolute atomic E-state index is 0.556. The SMILES string of the molecule is C=Cc1nc(C2=CCCC(c3ccccc3)=C2)nc(-c2ccc3c(c2)oc2ccccc23)n1. The number of allylic oxidation sites excluding steroid dienone is 4. The Balaban J connectivity index is 1.44. The summed E-state index contributed by atoms with van der Waals surface area (Å²) in [4.78, 5) is 14.1. The Hall–Kier alpha value is -4.31. The van der Waals surface area contributed by atoms with Gasteiger partial charge < -0.3 is 4.42 Å². The summed E-state index contributed by atoms with van der Waals surface area (Å²) in [5, 5.41) is 2.19. The van der Waals surface area contributed by atoms with E-state index in [2.05, 4.69) is 65.1 Å². The predicted octanol–water partition coefficient (Wildman–Crippen LogP) is 7.34. The molecule has 2 heterocycles. The fourth-order valence-electron chi connectivity index (χ4n) is 4.34. The van der Waals surface area contributed by atoms with E-state index in [9.17, 15) is 0 Å². The lowest BCUT2D eigenvalue weighted by molar-refractivity contribution is 0.669. The molecule has 0 atom stereocenters. The second kappa shape index (κ2) is 7.99. The van der Waals surface area contributed by atoms with E-state index >= 15 is 0 Å². The van der Waals surface area contributed by atoms with Crippen molar-refractivity contribution in [1.82, 2.24) is 15.0 Å². The zero-order valence-electron chi connectivity index (χ0n) is 18.0. The number of para-hydroxylation sites is 1. The lowest BCUT2D eigenvalue weighted by Crippen LogP contribution is -2.03. The first kappa shape index (κ1) is 19.4. The first-order valence-electron chi connectivity index (χ1n) is 11.1. The molecule has 33 heavy (non-hydrogen) atoms. The topological polar surface area (TPSA) is 51.8 Å². The van der Waals surface area contributed by atoms with Crippen LogP contribution in [0.25, 0.3) is 50.5 Å². The van der Waals surface area contributed by atoms with Crippen molar-refractivity contribution in [3.8, 4) is 11.4 Å². The summed E-state index contributed by atoms with van der Waals surface area (Å²) < 4.78 is 6.07. The lowest BCUT2D eigenvalue weighted by atomic mass is 9.93. The summed E-state index contributed by atoms with van der Waals surface area (Å²) in [5.41, 5.74) is 6.11. The third kappa shape index (κ3) is 3.56. The average molecular weight is 428 g/mol. The molecule has 0 bridgehead atoms. The minimum Gasteiger partial charge on any atom is -0.456 e. The Morgan fingerprint density at radius 3 is 2.42 bits per heavy atom. The molecule has 0 N–H and O–H groups in total. The smallest absolute Gasteiger partial charge is 0.164 e. The van der Waals surface area contributed by atoms with Crippen LogP contribution in [0.5, 0.6) is 0 Å². The van der Waals surface area contributed by atoms with Gasteiger partial charge in [-0.05, 0) is 54.3 Å². The molecule has 0 saturated carbocycles. The van der Waals surface area contributed by atoms with Crippen molar-refractivity contribution in [2.45, 2.75) is 12.8 Å². The Morgan fingerprint density at radius 1 is 0.758 bits per heavy atom. The molecular weight excluding hydrogens is 406 g/mol. The Bertz CT molecular complexity index is 1580. The molecule has 4 nitrogen and oxygen atoms in total. The van der Waals surface area contributed by atoms with E-state index < -0.39 is 0 Å². The summed E-state index contributed by atoms with van der Waals surface area (Å²) in [6.07, 6.45) is 8.00. The van der Waals surface area contributed by atoms with Crippen molar-refractivity contribution in [1.29, 1.82) is 0 Å². The molecule has 4 heteroatoms. The molecular formula is C29H21N3O. The van der Waals surface area contributed by atoms with Crippen LogP contribution in [0.2, 0.25) is 0 Å². The molecule has 0 spiro atoms. The second-order valence-electron chi connectivity index (χ2n) is 8.09. The number of benzene rings is 3. The number of furan rings is 1. The van der Waals surface area contributed by atoms with Crippen molar-refractivity contribution in [2.75, 3.05) is 0 Å². The molecule has 1 aliphatic carbocycles. The largest absolute Gasteiger partial charge is 0.456 e. The molecule has 158 valence electrons. The van der Waals surface area contributed by atoms with Gasteiger partial charge in [0.1, 0.15) is 11.2 Å². The molecule has 1 aliphatic rings. The van der Waals surface area contributed by atoms with Gasteiger partial charge in [-0.15, -0.1) is 0 Å². The standard InChI is InChI=1S/C29H21N3O/c1-2-27-30-28(21-12-8-11-20(17-21)19-9-4-3-5-10-19)32-29(31-27)22-15-16-24-23-13-6-7-14-25(23)33-26(24)18-22/h2-7,9-10,12-18H,1,8,11H2. The third-order valence-corrected chi connectivity index (χ3v) is 5.98. The number of nitrogens with zero attached hydrogens (tertiary/aromatic N) is 3. The summed E-state index contributed by atoms with van der Waals surface area (Å²) >= 11 is 0. The van der Waals surface area contributed by atoms with E-state index in [4.69, 9.17) is 9.40 Å². The number of hydrogen-bond donors (Lipinski definition) is 0. The molecule has 2 aromatic heterocycles. The highest BCUT2D eigenvalue weighted by atomic mass is 16.3. The summed E-state index contributed by atoms with van der Waals surface area (Å²) in [6.45, 7) is 3.89. The Morgan fingerprint density at radius 2 is 1.55 bits per heavy atom. The second-order valence-corrected chi connectivity index (χ2v) is 8.09. The zero-order valence-corrected chi connectivity index (χ0v) is 18.0. The van der Waals surface area contributed by atoms with Crippen LogP contribution in [0.1, 0.15) is 30.1 Å².